The molecule has 1 atom stereocenters. The van der Waals surface area contributed by atoms with E-state index in [2.05, 4.69) is 4.74 Å². The molecule has 78 valence electrons. The molecule has 0 heterocycles. The molecule has 1 unspecified atom stereocenters. The number of alkyl halides is 2. The van der Waals surface area contributed by atoms with Gasteiger partial charge in [-0.15, -0.1) is 0 Å². The van der Waals surface area contributed by atoms with Crippen LogP contribution in [0, 0.1) is 6.92 Å². The molecule has 1 aromatic carbocycles. The first-order chi connectivity index (χ1) is 6.50. The van der Waals surface area contributed by atoms with Crippen molar-refractivity contribution in [1.82, 2.24) is 0 Å². The molecule has 14 heavy (non-hydrogen) atoms. The lowest BCUT2D eigenvalue weighted by atomic mass is 10.0. The monoisotopic (exact) mass is 201 g/mol. The van der Waals surface area contributed by atoms with Crippen LogP contribution in [-0.2, 0) is 0 Å². The Kier molecular flexibility index (Phi) is 3.41. The third-order valence-corrected chi connectivity index (χ3v) is 1.97. The van der Waals surface area contributed by atoms with Crippen LogP contribution >= 0.6 is 0 Å². The van der Waals surface area contributed by atoms with E-state index < -0.39 is 6.61 Å². The number of benzene rings is 1. The summed E-state index contributed by atoms with van der Waals surface area (Å²) in [4.78, 5) is 0. The molecular formula is C10H13F2NO. The fraction of sp³-hybridized carbons (Fsp3) is 0.400. The van der Waals surface area contributed by atoms with Gasteiger partial charge >= 0.3 is 6.61 Å². The van der Waals surface area contributed by atoms with Gasteiger partial charge in [-0.25, -0.2) is 0 Å². The van der Waals surface area contributed by atoms with Gasteiger partial charge in [0.15, 0.2) is 0 Å². The van der Waals surface area contributed by atoms with Gasteiger partial charge in [-0.3, -0.25) is 0 Å². The molecule has 0 bridgehead atoms. The van der Waals surface area contributed by atoms with Gasteiger partial charge in [0.1, 0.15) is 5.75 Å². The van der Waals surface area contributed by atoms with Gasteiger partial charge < -0.3 is 10.5 Å². The molecule has 0 radical (unpaired) electrons. The molecule has 4 heteroatoms. The first kappa shape index (κ1) is 10.9. The van der Waals surface area contributed by atoms with Crippen molar-refractivity contribution in [3.8, 4) is 5.75 Å². The number of aryl methyl sites for hydroxylation is 1. The maximum Gasteiger partial charge on any atom is 0.387 e. The molecule has 0 aliphatic heterocycles. The lowest BCUT2D eigenvalue weighted by Crippen LogP contribution is -2.08. The van der Waals surface area contributed by atoms with E-state index in [-0.39, 0.29) is 11.8 Å². The first-order valence-corrected chi connectivity index (χ1v) is 4.31. The van der Waals surface area contributed by atoms with Gasteiger partial charge in [-0.05, 0) is 37.1 Å². The van der Waals surface area contributed by atoms with Crippen LogP contribution in [0.25, 0.3) is 0 Å². The van der Waals surface area contributed by atoms with E-state index in [0.29, 0.717) is 0 Å². The molecule has 0 aliphatic carbocycles. The topological polar surface area (TPSA) is 35.2 Å². The second-order valence-electron chi connectivity index (χ2n) is 3.19. The van der Waals surface area contributed by atoms with Crippen molar-refractivity contribution >= 4 is 0 Å². The highest BCUT2D eigenvalue weighted by atomic mass is 19.3. The Labute approximate surface area is 81.7 Å². The van der Waals surface area contributed by atoms with Crippen molar-refractivity contribution in [3.63, 3.8) is 0 Å². The molecule has 0 fully saturated rings. The van der Waals surface area contributed by atoms with Crippen LogP contribution in [0.5, 0.6) is 5.75 Å². The van der Waals surface area contributed by atoms with Gasteiger partial charge in [-0.1, -0.05) is 6.07 Å². The third kappa shape index (κ3) is 2.67. The van der Waals surface area contributed by atoms with E-state index in [1.54, 1.807) is 19.1 Å². The number of halogens is 2. The molecule has 2 N–H and O–H groups in total. The molecule has 0 amide bonds. The minimum Gasteiger partial charge on any atom is -0.435 e. The predicted octanol–water partition coefficient (Wildman–Crippen LogP) is 2.62. The molecule has 0 aromatic heterocycles. The van der Waals surface area contributed by atoms with E-state index in [9.17, 15) is 8.78 Å². The van der Waals surface area contributed by atoms with E-state index in [4.69, 9.17) is 5.73 Å². The van der Waals surface area contributed by atoms with E-state index >= 15 is 0 Å². The zero-order valence-corrected chi connectivity index (χ0v) is 8.13. The zero-order chi connectivity index (χ0) is 10.7. The molecule has 1 rings (SSSR count). The summed E-state index contributed by atoms with van der Waals surface area (Å²) in [6.45, 7) is 0.887. The van der Waals surface area contributed by atoms with Crippen molar-refractivity contribution in [1.29, 1.82) is 0 Å². The molecule has 0 saturated carbocycles. The fourth-order valence-corrected chi connectivity index (χ4v) is 1.29. The summed E-state index contributed by atoms with van der Waals surface area (Å²) in [6, 6.07) is 4.59. The summed E-state index contributed by atoms with van der Waals surface area (Å²) >= 11 is 0. The Morgan fingerprint density at radius 3 is 2.50 bits per heavy atom. The smallest absolute Gasteiger partial charge is 0.387 e. The highest BCUT2D eigenvalue weighted by Gasteiger charge is 2.08. The highest BCUT2D eigenvalue weighted by molar-refractivity contribution is 5.36. The molecule has 1 aromatic rings. The van der Waals surface area contributed by atoms with E-state index in [1.807, 2.05) is 6.92 Å². The van der Waals surface area contributed by atoms with Crippen LogP contribution in [0.4, 0.5) is 8.78 Å². The summed E-state index contributed by atoms with van der Waals surface area (Å²) in [5.41, 5.74) is 7.47. The zero-order valence-electron chi connectivity index (χ0n) is 8.13. The van der Waals surface area contributed by atoms with Crippen LogP contribution in [0.3, 0.4) is 0 Å². The Morgan fingerprint density at radius 2 is 2.00 bits per heavy atom. The Hall–Kier alpha value is -1.16. The van der Waals surface area contributed by atoms with Gasteiger partial charge in [0.05, 0.1) is 0 Å². The lowest BCUT2D eigenvalue weighted by Gasteiger charge is -2.12. The van der Waals surface area contributed by atoms with E-state index in [0.717, 1.165) is 11.1 Å². The average Bonchev–Trinajstić information content (AvgIpc) is 2.07. The minimum atomic E-state index is -2.79. The second kappa shape index (κ2) is 4.37. The largest absolute Gasteiger partial charge is 0.435 e. The third-order valence-electron chi connectivity index (χ3n) is 1.97. The SMILES string of the molecule is Cc1ccc(OC(F)F)cc1C(C)N. The molecule has 0 aliphatic rings. The van der Waals surface area contributed by atoms with Crippen LogP contribution in [0.15, 0.2) is 18.2 Å². The summed E-state index contributed by atoms with van der Waals surface area (Å²) in [5, 5.41) is 0. The minimum absolute atomic E-state index is 0.151. The van der Waals surface area contributed by atoms with Crippen LogP contribution in [0.2, 0.25) is 0 Å². The van der Waals surface area contributed by atoms with Gasteiger partial charge in [0, 0.05) is 6.04 Å². The summed E-state index contributed by atoms with van der Waals surface area (Å²) < 4.78 is 28.1. The first-order valence-electron chi connectivity index (χ1n) is 4.31. The van der Waals surface area contributed by atoms with E-state index in [1.165, 1.54) is 6.07 Å². The van der Waals surface area contributed by atoms with Crippen molar-refractivity contribution in [3.05, 3.63) is 29.3 Å². The summed E-state index contributed by atoms with van der Waals surface area (Å²) in [7, 11) is 0. The molecular weight excluding hydrogens is 188 g/mol. The standard InChI is InChI=1S/C10H13F2NO/c1-6-3-4-8(14-10(11)12)5-9(6)7(2)13/h3-5,7,10H,13H2,1-2H3. The van der Waals surface area contributed by atoms with Crippen LogP contribution in [0.1, 0.15) is 24.1 Å². The fourth-order valence-electron chi connectivity index (χ4n) is 1.29. The van der Waals surface area contributed by atoms with Crippen LogP contribution in [-0.4, -0.2) is 6.61 Å². The van der Waals surface area contributed by atoms with Crippen molar-refractivity contribution < 1.29 is 13.5 Å². The highest BCUT2D eigenvalue weighted by Crippen LogP contribution is 2.22. The summed E-state index contributed by atoms with van der Waals surface area (Å²) in [6.07, 6.45) is 0. The number of rotatable bonds is 3. The Balaban J connectivity index is 2.94. The molecule has 0 spiro atoms. The lowest BCUT2D eigenvalue weighted by molar-refractivity contribution is -0.0499. The maximum absolute atomic E-state index is 11.9. The van der Waals surface area contributed by atoms with Crippen LogP contribution < -0.4 is 10.5 Å². The second-order valence-corrected chi connectivity index (χ2v) is 3.19. The number of hydrogen-bond acceptors (Lipinski definition) is 2. The Bertz CT molecular complexity index is 313. The van der Waals surface area contributed by atoms with Gasteiger partial charge in [0.25, 0.3) is 0 Å². The van der Waals surface area contributed by atoms with Gasteiger partial charge in [-0.2, -0.15) is 8.78 Å². The average molecular weight is 201 g/mol. The Morgan fingerprint density at radius 1 is 1.36 bits per heavy atom. The normalized spacial score (nSPS) is 13.0. The van der Waals surface area contributed by atoms with Crippen molar-refractivity contribution in [2.75, 3.05) is 0 Å². The quantitative estimate of drug-likeness (QED) is 0.815. The number of ether oxygens (including phenoxy) is 1. The molecule has 0 saturated heterocycles. The maximum atomic E-state index is 11.9. The van der Waals surface area contributed by atoms with Crippen molar-refractivity contribution in [2.24, 2.45) is 5.73 Å². The summed E-state index contributed by atoms with van der Waals surface area (Å²) in [5.74, 6) is 0.151. The van der Waals surface area contributed by atoms with Gasteiger partial charge in [0.2, 0.25) is 0 Å². The van der Waals surface area contributed by atoms with Crippen molar-refractivity contribution in [2.45, 2.75) is 26.5 Å². The predicted molar refractivity (Wildman–Crippen MR) is 50.4 cm³/mol. The number of nitrogens with two attached hydrogens (primary N) is 1. The molecule has 2 nitrogen and oxygen atoms in total. The number of hydrogen-bond donors (Lipinski definition) is 1.